The molecule has 2 saturated heterocycles. The third kappa shape index (κ3) is 9.74. The van der Waals surface area contributed by atoms with Crippen molar-refractivity contribution in [2.45, 2.75) is 106 Å². The van der Waals surface area contributed by atoms with Gasteiger partial charge >= 0.3 is 5.97 Å². The van der Waals surface area contributed by atoms with Gasteiger partial charge in [0.25, 0.3) is 5.91 Å². The number of aromatic nitrogens is 1. The highest BCUT2D eigenvalue weighted by Crippen LogP contribution is 2.30. The fourth-order valence-corrected chi connectivity index (χ4v) is 5.03. The lowest BCUT2D eigenvalue weighted by Crippen LogP contribution is -2.67. The van der Waals surface area contributed by atoms with E-state index in [1.807, 2.05) is 0 Å². The Morgan fingerprint density at radius 2 is 1.52 bits per heavy atom. The normalized spacial score (nSPS) is 32.2. The molecule has 7 unspecified atom stereocenters. The number of hydrogen-bond acceptors (Lipinski definition) is 14. The minimum absolute atomic E-state index is 0.0680. The molecule has 1 amide bonds. The molecule has 0 aromatic carbocycles. The molecular weight excluding hydrogens is 588 g/mol. The topological polar surface area (TPSA) is 247 Å². The number of rotatable bonds is 16. The van der Waals surface area contributed by atoms with Gasteiger partial charge < -0.3 is 64.6 Å². The molecule has 0 radical (unpaired) electrons. The van der Waals surface area contributed by atoms with Gasteiger partial charge in [-0.15, -0.1) is 0 Å². The number of ether oxygens (including phenoxy) is 5. The summed E-state index contributed by atoms with van der Waals surface area (Å²) in [6.07, 6.45) is -7.26. The summed E-state index contributed by atoms with van der Waals surface area (Å²) in [5, 5.41) is 64.2. The summed E-state index contributed by atoms with van der Waals surface area (Å²) in [6.45, 7) is -1.20. The number of unbranched alkanes of at least 4 members (excludes halogenated alkanes) is 5. The molecule has 44 heavy (non-hydrogen) atoms. The SMILES string of the molecule is COC(=O)CCCCCCCCO[C@@H]1OC(CO)[C@H](OC2OC(CO)[C@@H](O)C(O)C2O)C(O)C1NC(=O)c1ccc(=O)[nH]c1. The molecular formula is C28H44N2O14. The van der Waals surface area contributed by atoms with Crippen molar-refractivity contribution in [2.24, 2.45) is 0 Å². The van der Waals surface area contributed by atoms with Crippen LogP contribution in [0.25, 0.3) is 0 Å². The second-order valence-corrected chi connectivity index (χ2v) is 10.8. The van der Waals surface area contributed by atoms with E-state index in [2.05, 4.69) is 15.0 Å². The molecule has 8 N–H and O–H groups in total. The smallest absolute Gasteiger partial charge is 0.305 e. The molecule has 2 aliphatic heterocycles. The second-order valence-electron chi connectivity index (χ2n) is 10.8. The maximum absolute atomic E-state index is 13.0. The van der Waals surface area contributed by atoms with Crippen molar-refractivity contribution < 1.29 is 63.9 Å². The molecule has 0 spiro atoms. The van der Waals surface area contributed by atoms with Gasteiger partial charge in [0.2, 0.25) is 5.56 Å². The quantitative estimate of drug-likeness (QED) is 0.0703. The van der Waals surface area contributed by atoms with Crippen molar-refractivity contribution >= 4 is 11.9 Å². The molecule has 0 aliphatic carbocycles. The van der Waals surface area contributed by atoms with Crippen LogP contribution in [0.4, 0.5) is 0 Å². The Balaban J connectivity index is 1.66. The monoisotopic (exact) mass is 632 g/mol. The number of pyridine rings is 1. The van der Waals surface area contributed by atoms with Crippen LogP contribution < -0.4 is 10.9 Å². The van der Waals surface area contributed by atoms with Gasteiger partial charge in [0.1, 0.15) is 48.8 Å². The number of H-pyrrole nitrogens is 1. The van der Waals surface area contributed by atoms with Crippen LogP contribution in [0.15, 0.2) is 23.1 Å². The van der Waals surface area contributed by atoms with Crippen LogP contribution >= 0.6 is 0 Å². The number of carbonyl (C=O) groups excluding carboxylic acids is 2. The van der Waals surface area contributed by atoms with E-state index in [0.29, 0.717) is 12.8 Å². The number of aliphatic hydroxyl groups is 6. The predicted molar refractivity (Wildman–Crippen MR) is 149 cm³/mol. The van der Waals surface area contributed by atoms with Crippen LogP contribution in [0, 0.1) is 0 Å². The van der Waals surface area contributed by atoms with E-state index in [1.165, 1.54) is 19.4 Å². The Morgan fingerprint density at radius 3 is 2.16 bits per heavy atom. The summed E-state index contributed by atoms with van der Waals surface area (Å²) in [6, 6.07) is 1.16. The van der Waals surface area contributed by atoms with E-state index in [4.69, 9.17) is 18.9 Å². The lowest BCUT2D eigenvalue weighted by Gasteiger charge is -2.47. The van der Waals surface area contributed by atoms with Gasteiger partial charge in [-0.1, -0.05) is 25.7 Å². The van der Waals surface area contributed by atoms with E-state index in [-0.39, 0.29) is 18.1 Å². The van der Waals surface area contributed by atoms with E-state index < -0.39 is 86.0 Å². The molecule has 1 aromatic rings. The number of amides is 1. The molecule has 0 bridgehead atoms. The minimum Gasteiger partial charge on any atom is -0.469 e. The molecule has 250 valence electrons. The number of aromatic amines is 1. The number of aliphatic hydroxyl groups excluding tert-OH is 6. The Hall–Kier alpha value is -2.51. The van der Waals surface area contributed by atoms with E-state index in [0.717, 1.165) is 38.2 Å². The number of esters is 1. The van der Waals surface area contributed by atoms with Crippen molar-refractivity contribution in [3.05, 3.63) is 34.2 Å². The molecule has 0 saturated carbocycles. The van der Waals surface area contributed by atoms with Gasteiger partial charge in [0, 0.05) is 25.3 Å². The van der Waals surface area contributed by atoms with E-state index in [9.17, 15) is 45.0 Å². The van der Waals surface area contributed by atoms with Crippen LogP contribution in [0.5, 0.6) is 0 Å². The fourth-order valence-electron chi connectivity index (χ4n) is 5.03. The van der Waals surface area contributed by atoms with Crippen LogP contribution in [0.2, 0.25) is 0 Å². The third-order valence-electron chi connectivity index (χ3n) is 7.62. The van der Waals surface area contributed by atoms with Gasteiger partial charge in [-0.25, -0.2) is 0 Å². The molecule has 1 aromatic heterocycles. The first kappa shape index (κ1) is 36.0. The van der Waals surface area contributed by atoms with Gasteiger partial charge in [-0.05, 0) is 18.9 Å². The second kappa shape index (κ2) is 17.8. The molecule has 3 rings (SSSR count). The Kier molecular flexibility index (Phi) is 14.6. The van der Waals surface area contributed by atoms with Crippen LogP contribution in [-0.4, -0.2) is 136 Å². The lowest BCUT2D eigenvalue weighted by atomic mass is 9.95. The number of nitrogens with one attached hydrogen (secondary N) is 2. The minimum atomic E-state index is -1.79. The Bertz CT molecular complexity index is 1070. The average Bonchev–Trinajstić information content (AvgIpc) is 3.02. The first-order valence-corrected chi connectivity index (χ1v) is 14.7. The summed E-state index contributed by atoms with van der Waals surface area (Å²) in [5.41, 5.74) is -0.357. The third-order valence-corrected chi connectivity index (χ3v) is 7.62. The first-order valence-electron chi connectivity index (χ1n) is 14.7. The van der Waals surface area contributed by atoms with Crippen LogP contribution in [0.1, 0.15) is 55.3 Å². The van der Waals surface area contributed by atoms with Gasteiger partial charge in [0.15, 0.2) is 12.6 Å². The first-order chi connectivity index (χ1) is 21.1. The number of carbonyl (C=O) groups is 2. The van der Waals surface area contributed by atoms with Crippen LogP contribution in [-0.2, 0) is 28.5 Å². The maximum Gasteiger partial charge on any atom is 0.305 e. The predicted octanol–water partition coefficient (Wildman–Crippen LogP) is -2.34. The highest BCUT2D eigenvalue weighted by Gasteiger charge is 2.51. The number of methoxy groups -OCH3 is 1. The Morgan fingerprint density at radius 1 is 0.864 bits per heavy atom. The average molecular weight is 633 g/mol. The molecule has 16 nitrogen and oxygen atoms in total. The van der Waals surface area contributed by atoms with E-state index in [1.54, 1.807) is 0 Å². The molecule has 10 atom stereocenters. The van der Waals surface area contributed by atoms with Crippen molar-refractivity contribution in [2.75, 3.05) is 26.9 Å². The number of hydrogen-bond donors (Lipinski definition) is 8. The maximum atomic E-state index is 13.0. The van der Waals surface area contributed by atoms with Gasteiger partial charge in [-0.2, -0.15) is 0 Å². The summed E-state index contributed by atoms with van der Waals surface area (Å²) in [5.74, 6) is -0.930. The standard InChI is InChI=1S/C28H44N2O14/c1-40-19(34)8-6-4-2-3-5-7-11-41-27-20(30-26(39)15-9-10-18(33)29-12-15)22(36)25(17(14-32)43-27)44-28-24(38)23(37)21(35)16(13-31)42-28/h9-10,12,16-17,20-25,27-28,31-32,35-38H,2-8,11,13-14H2,1H3,(H,29,33)(H,30,39)/t16?,17?,20?,21-,22?,23?,24?,25+,27-,28?/m1/s1. The summed E-state index contributed by atoms with van der Waals surface area (Å²) in [4.78, 5) is 38.0. The summed E-state index contributed by atoms with van der Waals surface area (Å²) in [7, 11) is 1.35. The zero-order valence-electron chi connectivity index (χ0n) is 24.5. The largest absolute Gasteiger partial charge is 0.469 e. The highest BCUT2D eigenvalue weighted by atomic mass is 16.7. The highest BCUT2D eigenvalue weighted by molar-refractivity contribution is 5.94. The zero-order chi connectivity index (χ0) is 32.2. The molecule has 16 heteroatoms. The lowest BCUT2D eigenvalue weighted by molar-refractivity contribution is -0.348. The van der Waals surface area contributed by atoms with Gasteiger partial charge in [-0.3, -0.25) is 14.4 Å². The fraction of sp³-hybridized carbons (Fsp3) is 0.750. The van der Waals surface area contributed by atoms with Crippen molar-refractivity contribution in [3.8, 4) is 0 Å². The Labute approximate surface area is 253 Å². The van der Waals surface area contributed by atoms with Crippen molar-refractivity contribution in [3.63, 3.8) is 0 Å². The van der Waals surface area contributed by atoms with Gasteiger partial charge in [0.05, 0.1) is 25.9 Å². The summed E-state index contributed by atoms with van der Waals surface area (Å²) < 4.78 is 27.5. The van der Waals surface area contributed by atoms with E-state index >= 15 is 0 Å². The molecule has 3 heterocycles. The zero-order valence-corrected chi connectivity index (χ0v) is 24.5. The molecule has 2 fully saturated rings. The van der Waals surface area contributed by atoms with Crippen molar-refractivity contribution in [1.29, 1.82) is 0 Å². The summed E-state index contributed by atoms with van der Waals surface area (Å²) >= 11 is 0. The van der Waals surface area contributed by atoms with Crippen molar-refractivity contribution in [1.82, 2.24) is 10.3 Å². The molecule has 2 aliphatic rings. The van der Waals surface area contributed by atoms with Crippen LogP contribution in [0.3, 0.4) is 0 Å².